The van der Waals surface area contributed by atoms with Crippen molar-refractivity contribution < 1.29 is 79.3 Å². The minimum atomic E-state index is -1.30. The van der Waals surface area contributed by atoms with Crippen molar-refractivity contribution in [2.24, 2.45) is 35.1 Å². The van der Waals surface area contributed by atoms with Crippen molar-refractivity contribution in [2.75, 3.05) is 26.2 Å². The van der Waals surface area contributed by atoms with E-state index in [0.29, 0.717) is 47.8 Å². The number of likely N-dealkylation sites (tertiary alicyclic amines) is 2. The second-order valence-corrected chi connectivity index (χ2v) is 30.7. The normalized spacial score (nSPS) is 20.1. The van der Waals surface area contributed by atoms with Gasteiger partial charge in [0.1, 0.15) is 23.5 Å². The number of β-amino-alcohol motifs (C(OH)–C–C–N with tert-alkyl or cyclic N) is 2. The number of rotatable bonds is 27. The van der Waals surface area contributed by atoms with E-state index in [1.807, 2.05) is 139 Å². The summed E-state index contributed by atoms with van der Waals surface area (Å²) in [4.78, 5) is 138. The maximum Gasteiger partial charge on any atom is 0.303 e. The predicted octanol–water partition coefficient (Wildman–Crippen LogP) is 4.47. The van der Waals surface area contributed by atoms with E-state index in [-0.39, 0.29) is 72.9 Å². The summed E-state index contributed by atoms with van der Waals surface area (Å²) in [6.07, 6.45) is 7.47. The molecule has 0 unspecified atom stereocenters. The predicted molar refractivity (Wildman–Crippen MR) is 408 cm³/mol. The van der Waals surface area contributed by atoms with Gasteiger partial charge in [-0.3, -0.25) is 57.7 Å². The van der Waals surface area contributed by atoms with Crippen molar-refractivity contribution in [1.29, 1.82) is 0 Å². The fourth-order valence-electron chi connectivity index (χ4n) is 14.7. The number of carboxylic acids is 2. The van der Waals surface area contributed by atoms with Crippen molar-refractivity contribution >= 4 is 81.0 Å². The number of piperidine rings is 2. The summed E-state index contributed by atoms with van der Waals surface area (Å²) in [6.45, 7) is 13.5. The van der Waals surface area contributed by atoms with E-state index in [0.717, 1.165) is 73.3 Å². The number of aliphatic hydroxyl groups excluding tert-OH is 2. The van der Waals surface area contributed by atoms with Crippen LogP contribution in [0.25, 0.3) is 21.8 Å². The first-order valence-electron chi connectivity index (χ1n) is 36.9. The van der Waals surface area contributed by atoms with E-state index >= 15 is 0 Å². The fourth-order valence-corrected chi connectivity index (χ4v) is 14.7. The molecule has 2 aliphatic carbocycles. The van der Waals surface area contributed by atoms with Gasteiger partial charge in [-0.2, -0.15) is 0 Å². The number of carbonyl (C=O) groups excluding carboxylic acids is 8. The van der Waals surface area contributed by atoms with Gasteiger partial charge in [-0.15, -0.1) is 0 Å². The van der Waals surface area contributed by atoms with E-state index in [1.54, 1.807) is 36.4 Å². The summed E-state index contributed by atoms with van der Waals surface area (Å²) in [5.74, 6) is -4.54. The zero-order valence-corrected chi connectivity index (χ0v) is 62.6. The number of carbonyl (C=O) groups is 10. The van der Waals surface area contributed by atoms with Gasteiger partial charge in [-0.1, -0.05) is 148 Å². The van der Waals surface area contributed by atoms with Crippen LogP contribution < -0.4 is 43.4 Å². The summed E-state index contributed by atoms with van der Waals surface area (Å²) in [6, 6.07) is 35.3. The summed E-state index contributed by atoms with van der Waals surface area (Å²) >= 11 is 0. The van der Waals surface area contributed by atoms with Crippen LogP contribution in [-0.2, 0) is 51.2 Å². The van der Waals surface area contributed by atoms with Crippen LogP contribution in [0, 0.1) is 23.7 Å². The summed E-state index contributed by atoms with van der Waals surface area (Å²) in [7, 11) is 0. The van der Waals surface area contributed by atoms with Crippen molar-refractivity contribution in [1.82, 2.24) is 51.7 Å². The highest BCUT2D eigenvalue weighted by Gasteiger charge is 2.44. The van der Waals surface area contributed by atoms with Crippen molar-refractivity contribution in [3.8, 4) is 0 Å². The molecule has 2 aromatic heterocycles. The molecular weight excluding hydrogens is 1380 g/mol. The Hall–Kier alpha value is -9.84. The van der Waals surface area contributed by atoms with E-state index in [2.05, 4.69) is 51.7 Å². The molecule has 2 saturated carbocycles. The molecular formula is C80H110N12O16. The Bertz CT molecular complexity index is 3750. The zero-order valence-electron chi connectivity index (χ0n) is 62.6. The van der Waals surface area contributed by atoms with Gasteiger partial charge < -0.3 is 74.7 Å². The topological polar surface area (TPSA) is 471 Å². The number of fused-ring (bicyclic) bond motifs is 4. The van der Waals surface area contributed by atoms with Crippen molar-refractivity contribution in [3.63, 3.8) is 0 Å². The number of amides is 8. The minimum Gasteiger partial charge on any atom is -0.481 e. The first-order valence-corrected chi connectivity index (χ1v) is 36.9. The number of nitrogens with zero attached hydrogens (tertiary/aromatic N) is 4. The molecule has 28 heteroatoms. The molecule has 4 fully saturated rings. The average molecular weight is 1500 g/mol. The third-order valence-corrected chi connectivity index (χ3v) is 19.9. The lowest BCUT2D eigenvalue weighted by Gasteiger charge is -2.47. The third-order valence-electron chi connectivity index (χ3n) is 19.9. The number of para-hydroxylation sites is 2. The molecule has 8 amide bonds. The minimum absolute atomic E-state index is 0. The number of primary amides is 2. The number of benzene rings is 4. The highest BCUT2D eigenvalue weighted by Crippen LogP contribution is 2.41. The Balaban J connectivity index is 0.000000301. The van der Waals surface area contributed by atoms with Crippen LogP contribution in [-0.4, -0.2) is 196 Å². The number of hydrogen-bond acceptors (Lipinski definition) is 16. The molecule has 4 aromatic carbocycles. The Morgan fingerprint density at radius 1 is 0.463 bits per heavy atom. The molecule has 18 N–H and O–H groups in total. The van der Waals surface area contributed by atoms with Crippen LogP contribution in [0.1, 0.15) is 164 Å². The number of aliphatic carboxylic acids is 2. The molecule has 0 bridgehead atoms. The molecule has 0 spiro atoms. The van der Waals surface area contributed by atoms with E-state index in [9.17, 15) is 58.2 Å². The van der Waals surface area contributed by atoms with Crippen molar-refractivity contribution in [3.05, 3.63) is 156 Å². The van der Waals surface area contributed by atoms with Gasteiger partial charge in [0.25, 0.3) is 11.8 Å². The fraction of sp³-hybridized carbons (Fsp3) is 0.500. The van der Waals surface area contributed by atoms with Gasteiger partial charge in [0, 0.05) is 48.0 Å². The Kier molecular flexibility index (Phi) is 33.0. The second kappa shape index (κ2) is 40.9. The lowest BCUT2D eigenvalue weighted by molar-refractivity contribution is -0.143. The van der Waals surface area contributed by atoms with E-state index < -0.39 is 120 Å². The monoisotopic (exact) mass is 1490 g/mol. The summed E-state index contributed by atoms with van der Waals surface area (Å²) in [5.41, 5.74) is 13.4. The van der Waals surface area contributed by atoms with Gasteiger partial charge in [0.05, 0.1) is 73.1 Å². The number of pyridine rings is 2. The second-order valence-electron chi connectivity index (χ2n) is 30.7. The molecule has 2 saturated heterocycles. The first kappa shape index (κ1) is 87.1. The molecule has 586 valence electrons. The Labute approximate surface area is 630 Å². The lowest BCUT2D eigenvalue weighted by Crippen LogP contribution is -2.61. The quantitative estimate of drug-likeness (QED) is 0.0338. The molecule has 12 atom stereocenters. The first-order chi connectivity index (χ1) is 50.3. The molecule has 0 radical (unpaired) electrons. The number of aliphatic hydroxyl groups is 2. The van der Waals surface area contributed by atoms with Crippen LogP contribution in [0.4, 0.5) is 0 Å². The largest absolute Gasteiger partial charge is 0.481 e. The zero-order chi connectivity index (χ0) is 76.8. The van der Waals surface area contributed by atoms with Gasteiger partial charge in [0.2, 0.25) is 35.4 Å². The molecule has 10 rings (SSSR count). The maximum atomic E-state index is 13.8. The summed E-state index contributed by atoms with van der Waals surface area (Å²) < 4.78 is 0. The highest BCUT2D eigenvalue weighted by atomic mass is 16.4. The van der Waals surface area contributed by atoms with Crippen LogP contribution in [0.2, 0.25) is 0 Å². The van der Waals surface area contributed by atoms with Gasteiger partial charge in [-0.25, -0.2) is 9.97 Å². The molecule has 6 aromatic rings. The molecule has 4 heterocycles. The van der Waals surface area contributed by atoms with Crippen LogP contribution >= 0.6 is 0 Å². The van der Waals surface area contributed by atoms with Gasteiger partial charge in [0.15, 0.2) is 0 Å². The Morgan fingerprint density at radius 3 is 1.13 bits per heavy atom. The summed E-state index contributed by atoms with van der Waals surface area (Å²) in [5, 5.41) is 58.6. The lowest BCUT2D eigenvalue weighted by atomic mass is 9.72. The Morgan fingerprint density at radius 2 is 0.796 bits per heavy atom. The van der Waals surface area contributed by atoms with Crippen molar-refractivity contribution in [2.45, 2.75) is 204 Å². The molecule has 4 aliphatic rings. The third kappa shape index (κ3) is 27.1. The van der Waals surface area contributed by atoms with Crippen LogP contribution in [0.5, 0.6) is 0 Å². The highest BCUT2D eigenvalue weighted by molar-refractivity contribution is 6.00. The number of nitrogens with two attached hydrogens (primary N) is 2. The SMILES string of the molecule is CC(C)(C)NC(=O)[C@@H]1C[C@@H]2CCCC[C@@H]2CN1C[C@@H](O)[C@H](Cc1ccccc1)NC(=O)[C@H](CC(N)=O)NC(=O)c1ccc2ccccc2n1.CC(C)(C)NC(=O)[C@@H]1C[C@@H]2CCCC[C@@H]2CN1C[C@@H](O)[C@H](Cc1ccccc1)NC(=O)[C@H](CC(N)=O)NC(=O)c1ccc2ccccc2n1.O.O.O=C(O)CCC(=O)O. The number of hydrogen-bond donors (Lipinski definition) is 12. The van der Waals surface area contributed by atoms with Crippen LogP contribution in [0.15, 0.2) is 133 Å². The van der Waals surface area contributed by atoms with E-state index in [4.69, 9.17) is 21.7 Å². The molecule has 28 nitrogen and oxygen atoms in total. The molecule has 2 aliphatic heterocycles. The average Bonchev–Trinajstić information content (AvgIpc) is 0.793. The number of aromatic nitrogens is 2. The van der Waals surface area contributed by atoms with Gasteiger partial charge in [-0.05, 0) is 139 Å². The maximum absolute atomic E-state index is 13.8. The molecule has 108 heavy (non-hydrogen) atoms. The number of nitrogens with one attached hydrogen (secondary N) is 6. The smallest absolute Gasteiger partial charge is 0.303 e. The number of carboxylic acid groups (broad SMARTS) is 2. The van der Waals surface area contributed by atoms with Gasteiger partial charge >= 0.3 is 11.9 Å². The van der Waals surface area contributed by atoms with Crippen LogP contribution in [0.3, 0.4) is 0 Å². The standard InChI is InChI=1S/2C38H50N6O5.C4H6O4.2H2O/c2*1-38(2,3)43-37(49)32-20-26-14-7-8-15-27(26)22-44(32)23-33(45)30(19-24-11-5-4-6-12-24)41-36(48)31(21-34(39)46)42-35(47)29-18-17-25-13-9-10-16-28(25)40-29;5-3(6)1-2-4(7)8;;/h2*4-6,9-13,16-18,26-27,30-33,45H,7-8,14-15,19-23H2,1-3H3,(H2,39,46)(H,41,48)(H,42,47)(H,43,49);1-2H2,(H,5,6)(H,7,8);2*1H2/t2*26-,27+,30-,31-,32-,33+;;;/m00.../s1. The van der Waals surface area contributed by atoms with E-state index in [1.165, 1.54) is 12.8 Å².